The van der Waals surface area contributed by atoms with Gasteiger partial charge in [0.1, 0.15) is 5.75 Å². The molecule has 0 bridgehead atoms. The first-order valence-electron chi connectivity index (χ1n) is 5.28. The third-order valence-corrected chi connectivity index (χ3v) is 2.28. The molecule has 0 saturated heterocycles. The lowest BCUT2D eigenvalue weighted by molar-refractivity contribution is -0.131. The highest BCUT2D eigenvalue weighted by molar-refractivity contribution is 6.28. The van der Waals surface area contributed by atoms with Crippen LogP contribution in [0.5, 0.6) is 5.75 Å². The summed E-state index contributed by atoms with van der Waals surface area (Å²) in [5.41, 5.74) is 0.574. The third-order valence-electron chi connectivity index (χ3n) is 2.09. The number of nitrogens with one attached hydrogen (secondary N) is 1. The van der Waals surface area contributed by atoms with E-state index in [1.54, 1.807) is 24.3 Å². The van der Waals surface area contributed by atoms with Crippen LogP contribution in [0.25, 0.3) is 0 Å². The van der Waals surface area contributed by atoms with Crippen molar-refractivity contribution in [3.8, 4) is 5.75 Å². The molecular formula is C12H9ClFN3O2. The van der Waals surface area contributed by atoms with E-state index in [9.17, 15) is 9.18 Å². The van der Waals surface area contributed by atoms with Crippen molar-refractivity contribution in [2.24, 2.45) is 0 Å². The predicted octanol–water partition coefficient (Wildman–Crippen LogP) is 2.94. The van der Waals surface area contributed by atoms with E-state index in [-0.39, 0.29) is 11.1 Å². The maximum Gasteiger partial charge on any atom is 0.308 e. The van der Waals surface area contributed by atoms with Crippen molar-refractivity contribution in [1.29, 1.82) is 0 Å². The number of hydrogen-bond donors (Lipinski definition) is 1. The summed E-state index contributed by atoms with van der Waals surface area (Å²) in [7, 11) is 0. The van der Waals surface area contributed by atoms with Gasteiger partial charge in [-0.25, -0.2) is 9.37 Å². The molecule has 1 heterocycles. The van der Waals surface area contributed by atoms with Crippen LogP contribution in [0.15, 0.2) is 30.5 Å². The van der Waals surface area contributed by atoms with E-state index in [4.69, 9.17) is 16.3 Å². The van der Waals surface area contributed by atoms with Crippen LogP contribution in [0.4, 0.5) is 15.9 Å². The van der Waals surface area contributed by atoms with Crippen LogP contribution >= 0.6 is 11.6 Å². The average Bonchev–Trinajstić information content (AvgIpc) is 2.35. The standard InChI is InChI=1S/C12H9ClFN3O2/c1-7(18)19-9-4-2-8(3-5-9)16-11-10(14)6-15-12(13)17-11/h2-6H,1H3,(H,15,16,17). The van der Waals surface area contributed by atoms with Gasteiger partial charge in [-0.3, -0.25) is 4.79 Å². The van der Waals surface area contributed by atoms with Crippen LogP contribution in [0.3, 0.4) is 0 Å². The first kappa shape index (κ1) is 13.2. The Balaban J connectivity index is 2.15. The minimum absolute atomic E-state index is 0.0276. The van der Waals surface area contributed by atoms with E-state index >= 15 is 0 Å². The van der Waals surface area contributed by atoms with Crippen molar-refractivity contribution in [3.63, 3.8) is 0 Å². The number of benzene rings is 1. The fourth-order valence-corrected chi connectivity index (χ4v) is 1.48. The molecule has 5 nitrogen and oxygen atoms in total. The van der Waals surface area contributed by atoms with Crippen LogP contribution in [0, 0.1) is 5.82 Å². The van der Waals surface area contributed by atoms with E-state index < -0.39 is 11.8 Å². The Hall–Kier alpha value is -2.21. The predicted molar refractivity (Wildman–Crippen MR) is 68.0 cm³/mol. The van der Waals surface area contributed by atoms with Crippen molar-refractivity contribution >= 4 is 29.1 Å². The number of anilines is 2. The number of rotatable bonds is 3. The maximum absolute atomic E-state index is 13.4. The van der Waals surface area contributed by atoms with Crippen LogP contribution in [0.2, 0.25) is 5.28 Å². The SMILES string of the molecule is CC(=O)Oc1ccc(Nc2nc(Cl)ncc2F)cc1. The van der Waals surface area contributed by atoms with Gasteiger partial charge in [0.2, 0.25) is 5.28 Å². The monoisotopic (exact) mass is 281 g/mol. The number of halogens is 2. The van der Waals surface area contributed by atoms with Gasteiger partial charge in [0.15, 0.2) is 11.6 Å². The minimum Gasteiger partial charge on any atom is -0.427 e. The molecule has 0 spiro atoms. The molecular weight excluding hydrogens is 273 g/mol. The number of esters is 1. The van der Waals surface area contributed by atoms with Gasteiger partial charge in [-0.05, 0) is 35.9 Å². The molecule has 19 heavy (non-hydrogen) atoms. The van der Waals surface area contributed by atoms with Crippen molar-refractivity contribution in [2.75, 3.05) is 5.32 Å². The topological polar surface area (TPSA) is 64.1 Å². The van der Waals surface area contributed by atoms with Crippen molar-refractivity contribution in [1.82, 2.24) is 9.97 Å². The number of hydrogen-bond acceptors (Lipinski definition) is 5. The smallest absolute Gasteiger partial charge is 0.308 e. The maximum atomic E-state index is 13.4. The van der Waals surface area contributed by atoms with Crippen LogP contribution < -0.4 is 10.1 Å². The van der Waals surface area contributed by atoms with E-state index in [0.717, 1.165) is 6.20 Å². The first-order valence-corrected chi connectivity index (χ1v) is 5.66. The summed E-state index contributed by atoms with van der Waals surface area (Å²) in [6.45, 7) is 1.31. The van der Waals surface area contributed by atoms with Crippen LogP contribution in [-0.2, 0) is 4.79 Å². The van der Waals surface area contributed by atoms with Gasteiger partial charge in [0.25, 0.3) is 0 Å². The third kappa shape index (κ3) is 3.62. The zero-order valence-corrected chi connectivity index (χ0v) is 10.6. The molecule has 0 fully saturated rings. The normalized spacial score (nSPS) is 10.1. The fourth-order valence-electron chi connectivity index (χ4n) is 1.34. The lowest BCUT2D eigenvalue weighted by Gasteiger charge is -2.07. The van der Waals surface area contributed by atoms with Gasteiger partial charge in [0.05, 0.1) is 6.20 Å². The van der Waals surface area contributed by atoms with Crippen molar-refractivity contribution < 1.29 is 13.9 Å². The largest absolute Gasteiger partial charge is 0.427 e. The van der Waals surface area contributed by atoms with Crippen LogP contribution in [0.1, 0.15) is 6.92 Å². The molecule has 0 atom stereocenters. The number of carbonyl (C=O) groups excluding carboxylic acids is 1. The lowest BCUT2D eigenvalue weighted by Crippen LogP contribution is -2.02. The number of ether oxygens (including phenoxy) is 1. The summed E-state index contributed by atoms with van der Waals surface area (Å²) >= 11 is 5.58. The summed E-state index contributed by atoms with van der Waals surface area (Å²) in [5, 5.41) is 2.69. The highest BCUT2D eigenvalue weighted by Gasteiger charge is 2.06. The molecule has 1 N–H and O–H groups in total. The second-order valence-electron chi connectivity index (χ2n) is 3.58. The Morgan fingerprint density at radius 1 is 1.37 bits per heavy atom. The molecule has 1 aromatic carbocycles. The lowest BCUT2D eigenvalue weighted by atomic mass is 10.3. The molecule has 0 saturated carbocycles. The van der Waals surface area contributed by atoms with E-state index in [0.29, 0.717) is 11.4 Å². The Morgan fingerprint density at radius 2 is 2.05 bits per heavy atom. The van der Waals surface area contributed by atoms with Gasteiger partial charge in [0, 0.05) is 12.6 Å². The molecule has 2 rings (SSSR count). The van der Waals surface area contributed by atoms with Crippen molar-refractivity contribution in [3.05, 3.63) is 41.6 Å². The molecule has 2 aromatic rings. The highest BCUT2D eigenvalue weighted by atomic mass is 35.5. The molecule has 0 radical (unpaired) electrons. The van der Waals surface area contributed by atoms with Gasteiger partial charge in [-0.2, -0.15) is 4.98 Å². The zero-order valence-electron chi connectivity index (χ0n) is 9.85. The molecule has 98 valence electrons. The number of carbonyl (C=O) groups is 1. The molecule has 7 heteroatoms. The second-order valence-corrected chi connectivity index (χ2v) is 3.92. The fraction of sp³-hybridized carbons (Fsp3) is 0.0833. The summed E-state index contributed by atoms with van der Waals surface area (Å²) in [5.74, 6) is -0.651. The van der Waals surface area contributed by atoms with Crippen LogP contribution in [-0.4, -0.2) is 15.9 Å². The first-order chi connectivity index (χ1) is 9.04. The summed E-state index contributed by atoms with van der Waals surface area (Å²) < 4.78 is 18.3. The summed E-state index contributed by atoms with van der Waals surface area (Å²) in [6, 6.07) is 6.39. The minimum atomic E-state index is -0.617. The Labute approximate surface area is 113 Å². The van der Waals surface area contributed by atoms with Gasteiger partial charge in [-0.1, -0.05) is 0 Å². The number of nitrogens with zero attached hydrogens (tertiary/aromatic N) is 2. The van der Waals surface area contributed by atoms with E-state index in [2.05, 4.69) is 15.3 Å². The number of aromatic nitrogens is 2. The quantitative estimate of drug-likeness (QED) is 0.532. The average molecular weight is 282 g/mol. The van der Waals surface area contributed by atoms with E-state index in [1.165, 1.54) is 6.92 Å². The Bertz CT molecular complexity index is 604. The Morgan fingerprint density at radius 3 is 2.68 bits per heavy atom. The van der Waals surface area contributed by atoms with Gasteiger partial charge >= 0.3 is 5.97 Å². The van der Waals surface area contributed by atoms with E-state index in [1.807, 2.05) is 0 Å². The van der Waals surface area contributed by atoms with Gasteiger partial charge < -0.3 is 10.1 Å². The molecule has 0 aliphatic carbocycles. The molecule has 0 unspecified atom stereocenters. The van der Waals surface area contributed by atoms with Gasteiger partial charge in [-0.15, -0.1) is 0 Å². The molecule has 0 aliphatic heterocycles. The summed E-state index contributed by atoms with van der Waals surface area (Å²) in [4.78, 5) is 18.0. The summed E-state index contributed by atoms with van der Waals surface area (Å²) in [6.07, 6.45) is 0.977. The highest BCUT2D eigenvalue weighted by Crippen LogP contribution is 2.21. The molecule has 0 aliphatic rings. The zero-order chi connectivity index (χ0) is 13.8. The Kier molecular flexibility index (Phi) is 3.91. The second kappa shape index (κ2) is 5.62. The van der Waals surface area contributed by atoms with Crippen molar-refractivity contribution in [2.45, 2.75) is 6.92 Å². The molecule has 1 aromatic heterocycles. The molecule has 0 amide bonds.